The lowest BCUT2D eigenvalue weighted by atomic mass is 11.8. The molecule has 6 heavy (non-hydrogen) atoms. The summed E-state index contributed by atoms with van der Waals surface area (Å²) in [6.07, 6.45) is 0. The van der Waals surface area contributed by atoms with Gasteiger partial charge in [-0.15, -0.1) is 24.2 Å². The molecular formula is C4H13BrP. The molecule has 0 fully saturated rings. The van der Waals surface area contributed by atoms with E-state index < -0.39 is 0 Å². The molecule has 0 aliphatic heterocycles. The van der Waals surface area contributed by atoms with Crippen molar-refractivity contribution >= 4 is 24.2 Å². The van der Waals surface area contributed by atoms with Gasteiger partial charge < -0.3 is 0 Å². The van der Waals surface area contributed by atoms with Crippen LogP contribution in [0.5, 0.6) is 0 Å². The van der Waals surface area contributed by atoms with Crippen LogP contribution in [0.3, 0.4) is 0 Å². The molecule has 0 aromatic carbocycles. The summed E-state index contributed by atoms with van der Waals surface area (Å²) >= 11 is 0. The first kappa shape index (κ1) is 10.0. The average Bonchev–Trinajstić information content (AvgIpc) is 0.722. The minimum Gasteiger partial charge on any atom is -0.137 e. The zero-order valence-electron chi connectivity index (χ0n) is 4.86. The molecule has 0 bridgehead atoms. The van der Waals surface area contributed by atoms with Crippen molar-refractivity contribution < 1.29 is 0 Å². The predicted octanol–water partition coefficient (Wildman–Crippen LogP) is 2.10. The van der Waals surface area contributed by atoms with E-state index in [9.17, 15) is 0 Å². The van der Waals surface area contributed by atoms with E-state index in [1.54, 1.807) is 0 Å². The van der Waals surface area contributed by atoms with Gasteiger partial charge in [0.1, 0.15) is 0 Å². The third-order valence-corrected chi connectivity index (χ3v) is 0. The van der Waals surface area contributed by atoms with Gasteiger partial charge in [0.25, 0.3) is 0 Å². The highest BCUT2D eigenvalue weighted by Crippen LogP contribution is 2.40. The summed E-state index contributed by atoms with van der Waals surface area (Å²) in [5.74, 6) is 0. The highest BCUT2D eigenvalue weighted by Gasteiger charge is 1.91. The molecule has 0 aliphatic carbocycles. The Morgan fingerprint density at radius 3 is 0.833 bits per heavy atom. The van der Waals surface area contributed by atoms with Crippen LogP contribution in [0, 0.1) is 0 Å². The third-order valence-electron chi connectivity index (χ3n) is 0. The molecular weight excluding hydrogens is 159 g/mol. The fraction of sp³-hybridized carbons (Fsp3) is 1.00. The topological polar surface area (TPSA) is 0 Å². The van der Waals surface area contributed by atoms with Gasteiger partial charge in [-0.3, -0.25) is 0 Å². The molecule has 0 N–H and O–H groups in total. The first-order chi connectivity index (χ1) is 2.00. The van der Waals surface area contributed by atoms with Gasteiger partial charge in [-0.2, -0.15) is 0 Å². The summed E-state index contributed by atoms with van der Waals surface area (Å²) in [6.45, 7) is 9.19. The lowest BCUT2D eigenvalue weighted by molar-refractivity contribution is 1.95. The van der Waals surface area contributed by atoms with E-state index in [1.165, 1.54) is 0 Å². The van der Waals surface area contributed by atoms with Crippen molar-refractivity contribution in [3.8, 4) is 0 Å². The van der Waals surface area contributed by atoms with E-state index in [0.717, 1.165) is 0 Å². The van der Waals surface area contributed by atoms with Crippen LogP contribution in [0.15, 0.2) is 0 Å². The second-order valence-corrected chi connectivity index (χ2v) is 8.05. The van der Waals surface area contributed by atoms with Gasteiger partial charge in [0.2, 0.25) is 0 Å². The van der Waals surface area contributed by atoms with Crippen LogP contribution in [-0.4, -0.2) is 26.7 Å². The van der Waals surface area contributed by atoms with Gasteiger partial charge in [0, 0.05) is 0 Å². The third kappa shape index (κ3) is 90.6. The van der Waals surface area contributed by atoms with Crippen LogP contribution < -0.4 is 0 Å². The SMILES string of the molecule is Br.C[P](C)(C)C. The summed E-state index contributed by atoms with van der Waals surface area (Å²) < 4.78 is 0. The van der Waals surface area contributed by atoms with Crippen LogP contribution in [0.2, 0.25) is 0 Å². The molecule has 0 saturated heterocycles. The van der Waals surface area contributed by atoms with Gasteiger partial charge in [0.15, 0.2) is 0 Å². The molecule has 0 saturated carbocycles. The maximum atomic E-state index is 2.30. The second kappa shape index (κ2) is 2.98. The van der Waals surface area contributed by atoms with Crippen molar-refractivity contribution in [2.75, 3.05) is 26.7 Å². The minimum absolute atomic E-state index is 0. The quantitative estimate of drug-likeness (QED) is 0.491. The molecule has 2 heteroatoms. The zero-order chi connectivity index (χ0) is 4.50. The Labute approximate surface area is 51.4 Å². The molecule has 0 aliphatic rings. The maximum absolute atomic E-state index is 2.30. The van der Waals surface area contributed by atoms with Crippen molar-refractivity contribution in [3.05, 3.63) is 0 Å². The Morgan fingerprint density at radius 2 is 0.833 bits per heavy atom. The molecule has 1 radical (unpaired) electrons. The van der Waals surface area contributed by atoms with Crippen LogP contribution in [0.25, 0.3) is 0 Å². The number of hydrogen-bond donors (Lipinski definition) is 0. The van der Waals surface area contributed by atoms with E-state index in [2.05, 4.69) is 26.7 Å². The number of rotatable bonds is 0. The standard InChI is InChI=1S/C4H12P.BrH/c1-5(2,3)4;/h1-4H3;1H. The normalized spacial score (nSPS) is 10.0. The molecule has 41 valence electrons. The van der Waals surface area contributed by atoms with Crippen molar-refractivity contribution in [2.24, 2.45) is 0 Å². The summed E-state index contributed by atoms with van der Waals surface area (Å²) in [5.41, 5.74) is 0. The largest absolute Gasteiger partial charge is 0.137 e. The van der Waals surface area contributed by atoms with E-state index >= 15 is 0 Å². The van der Waals surface area contributed by atoms with Gasteiger partial charge in [-0.1, -0.05) is 0 Å². The fourth-order valence-electron chi connectivity index (χ4n) is 0. The first-order valence-electron chi connectivity index (χ1n) is 1.79. The predicted molar refractivity (Wildman–Crippen MR) is 40.9 cm³/mol. The molecule has 0 rings (SSSR count). The van der Waals surface area contributed by atoms with Gasteiger partial charge in [-0.05, 0) is 26.7 Å². The van der Waals surface area contributed by atoms with Crippen molar-refractivity contribution in [1.29, 1.82) is 0 Å². The van der Waals surface area contributed by atoms with E-state index in [1.807, 2.05) is 0 Å². The smallest absolute Gasteiger partial charge is 0.0485 e. The summed E-state index contributed by atoms with van der Waals surface area (Å²) in [5, 5.41) is 0. The molecule has 0 atom stereocenters. The molecule has 0 unspecified atom stereocenters. The van der Waals surface area contributed by atoms with Crippen molar-refractivity contribution in [1.82, 2.24) is 0 Å². The van der Waals surface area contributed by atoms with Crippen LogP contribution in [0.4, 0.5) is 0 Å². The highest BCUT2D eigenvalue weighted by molar-refractivity contribution is 8.93. The second-order valence-electron chi connectivity index (χ2n) is 2.68. The molecule has 0 amide bonds. The van der Waals surface area contributed by atoms with E-state index in [0.29, 0.717) is 0 Å². The first-order valence-corrected chi connectivity index (χ1v) is 5.37. The monoisotopic (exact) mass is 171 g/mol. The Hall–Kier alpha value is 0.910. The highest BCUT2D eigenvalue weighted by atomic mass is 79.9. The Balaban J connectivity index is 0. The van der Waals surface area contributed by atoms with Crippen LogP contribution >= 0.6 is 24.2 Å². The molecule has 0 spiro atoms. The van der Waals surface area contributed by atoms with E-state index in [-0.39, 0.29) is 24.2 Å². The summed E-state index contributed by atoms with van der Waals surface area (Å²) in [6, 6.07) is 0. The van der Waals surface area contributed by atoms with Gasteiger partial charge in [-0.25, -0.2) is 0 Å². The number of halogens is 1. The molecule has 0 nitrogen and oxygen atoms in total. The van der Waals surface area contributed by atoms with Crippen molar-refractivity contribution in [3.63, 3.8) is 0 Å². The van der Waals surface area contributed by atoms with E-state index in [4.69, 9.17) is 0 Å². The van der Waals surface area contributed by atoms with Gasteiger partial charge >= 0.3 is 0 Å². The molecule has 0 aromatic heterocycles. The summed E-state index contributed by atoms with van der Waals surface area (Å²) in [7, 11) is -0.389. The Morgan fingerprint density at radius 1 is 0.833 bits per heavy atom. The average molecular weight is 172 g/mol. The zero-order valence-corrected chi connectivity index (χ0v) is 7.46. The molecule has 0 heterocycles. The van der Waals surface area contributed by atoms with Gasteiger partial charge in [0.05, 0.1) is 0 Å². The summed E-state index contributed by atoms with van der Waals surface area (Å²) in [4.78, 5) is 0. The Bertz CT molecular complexity index is 23.0. The minimum atomic E-state index is -0.389. The number of hydrogen-bond acceptors (Lipinski definition) is 0. The van der Waals surface area contributed by atoms with Crippen LogP contribution in [-0.2, 0) is 0 Å². The maximum Gasteiger partial charge on any atom is -0.0485 e. The Kier molecular flexibility index (Phi) is 4.98. The molecule has 0 aromatic rings. The fourth-order valence-corrected chi connectivity index (χ4v) is 0. The lowest BCUT2D eigenvalue weighted by Crippen LogP contribution is -1.74. The van der Waals surface area contributed by atoms with Crippen LogP contribution in [0.1, 0.15) is 0 Å². The van der Waals surface area contributed by atoms with Crippen molar-refractivity contribution in [2.45, 2.75) is 0 Å². The lowest BCUT2D eigenvalue weighted by Gasteiger charge is -2.09.